The van der Waals surface area contributed by atoms with E-state index in [1.54, 1.807) is 19.1 Å². The van der Waals surface area contributed by atoms with Crippen LogP contribution in [-0.4, -0.2) is 63.6 Å². The van der Waals surface area contributed by atoms with Crippen LogP contribution in [0.3, 0.4) is 0 Å². The molecule has 1 aliphatic rings. The highest BCUT2D eigenvalue weighted by Crippen LogP contribution is 2.30. The Labute approximate surface area is 144 Å². The van der Waals surface area contributed by atoms with Gasteiger partial charge in [-0.2, -0.15) is 4.31 Å². The molecule has 0 aliphatic carbocycles. The molecule has 0 radical (unpaired) electrons. The molecule has 1 aromatic rings. The highest BCUT2D eigenvalue weighted by Gasteiger charge is 2.32. The fraction of sp³-hybridized carbons (Fsp3) is 0.500. The third-order valence-corrected chi connectivity index (χ3v) is 5.92. The van der Waals surface area contributed by atoms with Crippen LogP contribution in [0.1, 0.15) is 6.92 Å². The molecule has 0 spiro atoms. The van der Waals surface area contributed by atoms with Crippen molar-refractivity contribution in [2.75, 3.05) is 39.9 Å². The summed E-state index contributed by atoms with van der Waals surface area (Å²) in [6, 6.07) is 4.84. The van der Waals surface area contributed by atoms with Crippen molar-refractivity contribution in [2.45, 2.75) is 11.8 Å². The maximum absolute atomic E-state index is 12.8. The zero-order chi connectivity index (χ0) is 17.0. The van der Waals surface area contributed by atoms with Crippen molar-refractivity contribution in [2.24, 2.45) is 0 Å². The molecule has 0 N–H and O–H groups in total. The number of amides is 1. The fourth-order valence-electron chi connectivity index (χ4n) is 2.32. The molecule has 0 saturated carbocycles. The number of carbonyl (C=O) groups is 1. The van der Waals surface area contributed by atoms with Gasteiger partial charge in [-0.05, 0) is 25.1 Å². The predicted octanol–water partition coefficient (Wildman–Crippen LogP) is 1.92. The van der Waals surface area contributed by atoms with Crippen LogP contribution in [0.25, 0.3) is 0 Å². The van der Waals surface area contributed by atoms with Crippen molar-refractivity contribution >= 4 is 32.0 Å². The molecule has 2 rings (SSSR count). The number of benzene rings is 1. The van der Waals surface area contributed by atoms with Gasteiger partial charge < -0.3 is 14.4 Å². The summed E-state index contributed by atoms with van der Waals surface area (Å²) in [5, 5.41) is 0. The number of rotatable bonds is 4. The van der Waals surface area contributed by atoms with Gasteiger partial charge in [0.1, 0.15) is 10.6 Å². The molecule has 7 nitrogen and oxygen atoms in total. The van der Waals surface area contributed by atoms with Gasteiger partial charge >= 0.3 is 6.09 Å². The molecule has 1 heterocycles. The second-order valence-corrected chi connectivity index (χ2v) is 7.71. The first kappa shape index (κ1) is 18.0. The second-order valence-electron chi connectivity index (χ2n) is 4.89. The zero-order valence-corrected chi connectivity index (χ0v) is 15.4. The standard InChI is InChI=1S/C14H19BrN2O5S/c1-3-22-14(18)16-6-8-17(9-7-16)23(19,20)13-10-11(15)4-5-12(13)21-2/h4-5,10H,3,6-9H2,1-2H3. The molecule has 1 aliphatic heterocycles. The molecule has 0 bridgehead atoms. The Hall–Kier alpha value is -1.32. The van der Waals surface area contributed by atoms with Crippen molar-refractivity contribution in [3.05, 3.63) is 22.7 Å². The first-order chi connectivity index (χ1) is 10.9. The van der Waals surface area contributed by atoms with E-state index < -0.39 is 16.1 Å². The summed E-state index contributed by atoms with van der Waals surface area (Å²) in [6.45, 7) is 3.07. The van der Waals surface area contributed by atoms with E-state index >= 15 is 0 Å². The Morgan fingerprint density at radius 2 is 1.91 bits per heavy atom. The maximum Gasteiger partial charge on any atom is 0.409 e. The molecule has 1 saturated heterocycles. The molecule has 1 aromatic carbocycles. The fourth-order valence-corrected chi connectivity index (χ4v) is 4.43. The van der Waals surface area contributed by atoms with Crippen molar-refractivity contribution in [3.8, 4) is 5.75 Å². The van der Waals surface area contributed by atoms with Gasteiger partial charge in [0.25, 0.3) is 0 Å². The quantitative estimate of drug-likeness (QED) is 0.763. The van der Waals surface area contributed by atoms with E-state index in [9.17, 15) is 13.2 Å². The molecule has 0 aromatic heterocycles. The number of ether oxygens (including phenoxy) is 2. The monoisotopic (exact) mass is 406 g/mol. The Morgan fingerprint density at radius 3 is 2.48 bits per heavy atom. The summed E-state index contributed by atoms with van der Waals surface area (Å²) in [7, 11) is -2.26. The van der Waals surface area contributed by atoms with E-state index in [0.29, 0.717) is 29.9 Å². The van der Waals surface area contributed by atoms with E-state index in [-0.39, 0.29) is 18.0 Å². The molecular formula is C14H19BrN2O5S. The summed E-state index contributed by atoms with van der Waals surface area (Å²) >= 11 is 3.28. The maximum atomic E-state index is 12.8. The van der Waals surface area contributed by atoms with Gasteiger partial charge in [-0.25, -0.2) is 13.2 Å². The average Bonchev–Trinajstić information content (AvgIpc) is 2.55. The van der Waals surface area contributed by atoms with E-state index in [2.05, 4.69) is 15.9 Å². The third-order valence-electron chi connectivity index (χ3n) is 3.51. The Balaban J connectivity index is 2.16. The summed E-state index contributed by atoms with van der Waals surface area (Å²) in [6.07, 6.45) is -0.412. The molecule has 1 fully saturated rings. The van der Waals surface area contributed by atoms with Gasteiger partial charge in [0.15, 0.2) is 0 Å². The largest absolute Gasteiger partial charge is 0.495 e. The number of methoxy groups -OCH3 is 1. The van der Waals surface area contributed by atoms with Crippen molar-refractivity contribution in [1.82, 2.24) is 9.21 Å². The van der Waals surface area contributed by atoms with E-state index in [4.69, 9.17) is 9.47 Å². The molecular weight excluding hydrogens is 388 g/mol. The predicted molar refractivity (Wildman–Crippen MR) is 88.0 cm³/mol. The Bertz CT molecular complexity index is 672. The van der Waals surface area contributed by atoms with Crippen LogP contribution in [0.2, 0.25) is 0 Å². The zero-order valence-electron chi connectivity index (χ0n) is 13.0. The highest BCUT2D eigenvalue weighted by molar-refractivity contribution is 9.10. The smallest absolute Gasteiger partial charge is 0.409 e. The summed E-state index contributed by atoms with van der Waals surface area (Å²) in [5.41, 5.74) is 0. The highest BCUT2D eigenvalue weighted by atomic mass is 79.9. The molecule has 0 unspecified atom stereocenters. The van der Waals surface area contributed by atoms with E-state index in [1.807, 2.05) is 0 Å². The van der Waals surface area contributed by atoms with Gasteiger partial charge in [0.05, 0.1) is 13.7 Å². The average molecular weight is 407 g/mol. The molecule has 128 valence electrons. The lowest BCUT2D eigenvalue weighted by atomic mass is 10.3. The van der Waals surface area contributed by atoms with Crippen LogP contribution in [0, 0.1) is 0 Å². The third kappa shape index (κ3) is 3.96. The van der Waals surface area contributed by atoms with Gasteiger partial charge in [-0.15, -0.1) is 0 Å². The number of halogens is 1. The first-order valence-corrected chi connectivity index (χ1v) is 9.39. The normalized spacial score (nSPS) is 16.2. The molecule has 1 amide bonds. The first-order valence-electron chi connectivity index (χ1n) is 7.15. The number of hydrogen-bond donors (Lipinski definition) is 0. The lowest BCUT2D eigenvalue weighted by molar-refractivity contribution is 0.0934. The Kier molecular flexibility index (Phi) is 5.88. The van der Waals surface area contributed by atoms with E-state index in [0.717, 1.165) is 0 Å². The SMILES string of the molecule is CCOC(=O)N1CCN(S(=O)(=O)c2cc(Br)ccc2OC)CC1. The second kappa shape index (κ2) is 7.50. The van der Waals surface area contributed by atoms with Gasteiger partial charge in [-0.3, -0.25) is 0 Å². The van der Waals surface area contributed by atoms with Crippen molar-refractivity contribution < 1.29 is 22.7 Å². The number of nitrogens with zero attached hydrogens (tertiary/aromatic N) is 2. The minimum Gasteiger partial charge on any atom is -0.495 e. The topological polar surface area (TPSA) is 76.2 Å². The number of piperazine rings is 1. The lowest BCUT2D eigenvalue weighted by Gasteiger charge is -2.33. The summed E-state index contributed by atoms with van der Waals surface area (Å²) in [5.74, 6) is 0.293. The molecule has 9 heteroatoms. The van der Waals surface area contributed by atoms with Crippen LogP contribution in [-0.2, 0) is 14.8 Å². The summed E-state index contributed by atoms with van der Waals surface area (Å²) in [4.78, 5) is 13.3. The van der Waals surface area contributed by atoms with Crippen LogP contribution >= 0.6 is 15.9 Å². The lowest BCUT2D eigenvalue weighted by Crippen LogP contribution is -2.50. The van der Waals surface area contributed by atoms with Crippen LogP contribution in [0.5, 0.6) is 5.75 Å². The van der Waals surface area contributed by atoms with E-state index in [1.165, 1.54) is 22.4 Å². The van der Waals surface area contributed by atoms with Gasteiger partial charge in [0, 0.05) is 30.7 Å². The number of carbonyl (C=O) groups excluding carboxylic acids is 1. The minimum absolute atomic E-state index is 0.110. The number of sulfonamides is 1. The number of hydrogen-bond acceptors (Lipinski definition) is 5. The van der Waals surface area contributed by atoms with Gasteiger partial charge in [0.2, 0.25) is 10.0 Å². The van der Waals surface area contributed by atoms with Crippen LogP contribution in [0.15, 0.2) is 27.6 Å². The van der Waals surface area contributed by atoms with Gasteiger partial charge in [-0.1, -0.05) is 15.9 Å². The summed E-state index contributed by atoms with van der Waals surface area (Å²) < 4.78 is 37.7. The van der Waals surface area contributed by atoms with Crippen LogP contribution < -0.4 is 4.74 Å². The molecule has 23 heavy (non-hydrogen) atoms. The Morgan fingerprint density at radius 1 is 1.26 bits per heavy atom. The molecule has 0 atom stereocenters. The van der Waals surface area contributed by atoms with Crippen molar-refractivity contribution in [1.29, 1.82) is 0 Å². The minimum atomic E-state index is -3.69. The van der Waals surface area contributed by atoms with Crippen molar-refractivity contribution in [3.63, 3.8) is 0 Å². The van der Waals surface area contributed by atoms with Crippen LogP contribution in [0.4, 0.5) is 4.79 Å².